The van der Waals surface area contributed by atoms with Gasteiger partial charge in [-0.1, -0.05) is 68.7 Å². The molecule has 28 heavy (non-hydrogen) atoms. The second kappa shape index (κ2) is 9.84. The highest BCUT2D eigenvalue weighted by atomic mass is 16.1. The van der Waals surface area contributed by atoms with E-state index in [-0.39, 0.29) is 5.91 Å². The summed E-state index contributed by atoms with van der Waals surface area (Å²) in [4.78, 5) is 16.6. The molecular weight excluding hydrogens is 344 g/mol. The van der Waals surface area contributed by atoms with Crippen LogP contribution in [0.2, 0.25) is 0 Å². The van der Waals surface area contributed by atoms with Gasteiger partial charge in [0, 0.05) is 11.8 Å². The van der Waals surface area contributed by atoms with E-state index < -0.39 is 0 Å². The van der Waals surface area contributed by atoms with Crippen molar-refractivity contribution < 1.29 is 4.79 Å². The number of hydrogen-bond acceptors (Lipinski definition) is 2. The smallest absolute Gasteiger partial charge is 0.256 e. The van der Waals surface area contributed by atoms with Crippen LogP contribution in [0.5, 0.6) is 0 Å². The molecule has 0 aliphatic carbocycles. The van der Waals surface area contributed by atoms with E-state index >= 15 is 0 Å². The van der Waals surface area contributed by atoms with Crippen LogP contribution < -0.4 is 5.32 Å². The van der Waals surface area contributed by atoms with E-state index in [0.29, 0.717) is 11.4 Å². The fraction of sp³-hybridized carbons (Fsp3) is 0.280. The Morgan fingerprint density at radius 3 is 2.14 bits per heavy atom. The lowest BCUT2D eigenvalue weighted by molar-refractivity contribution is 0.102. The van der Waals surface area contributed by atoms with Gasteiger partial charge in [0.05, 0.1) is 0 Å². The molecule has 3 nitrogen and oxygen atoms in total. The second-order valence-electron chi connectivity index (χ2n) is 7.26. The first-order valence-electron chi connectivity index (χ1n) is 10.1. The van der Waals surface area contributed by atoms with Gasteiger partial charge >= 0.3 is 0 Å². The van der Waals surface area contributed by atoms with Gasteiger partial charge in [-0.25, -0.2) is 4.98 Å². The molecule has 1 heterocycles. The van der Waals surface area contributed by atoms with Crippen LogP contribution in [0.4, 0.5) is 5.82 Å². The number of aryl methyl sites for hydroxylation is 2. The van der Waals surface area contributed by atoms with Gasteiger partial charge < -0.3 is 5.32 Å². The molecule has 1 amide bonds. The number of pyridine rings is 1. The highest BCUT2D eigenvalue weighted by molar-refractivity contribution is 6.04. The van der Waals surface area contributed by atoms with Gasteiger partial charge in [0.1, 0.15) is 5.82 Å². The number of rotatable bonds is 8. The van der Waals surface area contributed by atoms with Crippen molar-refractivity contribution >= 4 is 11.7 Å². The zero-order valence-electron chi connectivity index (χ0n) is 16.7. The van der Waals surface area contributed by atoms with E-state index in [1.54, 1.807) is 6.20 Å². The molecule has 3 heteroatoms. The first kappa shape index (κ1) is 19.8. The maximum absolute atomic E-state index is 12.4. The number of aromatic nitrogens is 1. The van der Waals surface area contributed by atoms with Crippen LogP contribution in [0.3, 0.4) is 0 Å². The quantitative estimate of drug-likeness (QED) is 0.463. The fourth-order valence-corrected chi connectivity index (χ4v) is 3.16. The molecule has 0 fully saturated rings. The lowest BCUT2D eigenvalue weighted by Crippen LogP contribution is -2.12. The van der Waals surface area contributed by atoms with Gasteiger partial charge in [0.2, 0.25) is 0 Å². The monoisotopic (exact) mass is 372 g/mol. The average molecular weight is 373 g/mol. The van der Waals surface area contributed by atoms with Gasteiger partial charge in [-0.15, -0.1) is 0 Å². The molecule has 0 bridgehead atoms. The summed E-state index contributed by atoms with van der Waals surface area (Å²) >= 11 is 0. The average Bonchev–Trinajstić information content (AvgIpc) is 2.73. The fourth-order valence-electron chi connectivity index (χ4n) is 3.16. The molecule has 1 N–H and O–H groups in total. The molecule has 2 aromatic carbocycles. The third-order valence-electron chi connectivity index (χ3n) is 4.91. The standard InChI is InChI=1S/C25H28N2O/c1-3-4-5-6-7-20-9-11-21(12-10-20)22-13-15-23(16-14-22)25(28)27-24-17-8-19(2)18-26-24/h8-18H,3-7H2,1-2H3,(H,26,27,28). The number of amides is 1. The lowest BCUT2D eigenvalue weighted by atomic mass is 10.00. The maximum Gasteiger partial charge on any atom is 0.256 e. The van der Waals surface area contributed by atoms with Crippen molar-refractivity contribution in [2.75, 3.05) is 5.32 Å². The minimum Gasteiger partial charge on any atom is -0.307 e. The van der Waals surface area contributed by atoms with Crippen molar-refractivity contribution in [3.05, 3.63) is 83.6 Å². The normalized spacial score (nSPS) is 10.6. The van der Waals surface area contributed by atoms with Crippen molar-refractivity contribution in [1.82, 2.24) is 4.98 Å². The van der Waals surface area contributed by atoms with Crippen molar-refractivity contribution in [2.24, 2.45) is 0 Å². The highest BCUT2D eigenvalue weighted by Gasteiger charge is 2.07. The molecular formula is C25H28N2O. The maximum atomic E-state index is 12.4. The predicted octanol–water partition coefficient (Wildman–Crippen LogP) is 6.43. The van der Waals surface area contributed by atoms with E-state index in [1.807, 2.05) is 43.3 Å². The van der Waals surface area contributed by atoms with E-state index in [1.165, 1.54) is 36.8 Å². The first-order chi connectivity index (χ1) is 13.7. The van der Waals surface area contributed by atoms with E-state index in [9.17, 15) is 4.79 Å². The van der Waals surface area contributed by atoms with Gasteiger partial charge in [0.25, 0.3) is 5.91 Å². The Bertz CT molecular complexity index is 881. The minimum atomic E-state index is -0.148. The Hall–Kier alpha value is -2.94. The van der Waals surface area contributed by atoms with Crippen LogP contribution in [0, 0.1) is 6.92 Å². The molecule has 0 radical (unpaired) electrons. The largest absolute Gasteiger partial charge is 0.307 e. The van der Waals surface area contributed by atoms with E-state index in [0.717, 1.165) is 17.5 Å². The summed E-state index contributed by atoms with van der Waals surface area (Å²) in [6.45, 7) is 4.21. The second-order valence-corrected chi connectivity index (χ2v) is 7.26. The number of carbonyl (C=O) groups excluding carboxylic acids is 1. The Kier molecular flexibility index (Phi) is 6.96. The summed E-state index contributed by atoms with van der Waals surface area (Å²) in [5, 5.41) is 2.83. The Morgan fingerprint density at radius 2 is 1.54 bits per heavy atom. The lowest BCUT2D eigenvalue weighted by Gasteiger charge is -2.07. The third kappa shape index (κ3) is 5.53. The topological polar surface area (TPSA) is 42.0 Å². The number of nitrogens with zero attached hydrogens (tertiary/aromatic N) is 1. The minimum absolute atomic E-state index is 0.148. The SMILES string of the molecule is CCCCCCc1ccc(-c2ccc(C(=O)Nc3ccc(C)cn3)cc2)cc1. The summed E-state index contributed by atoms with van der Waals surface area (Å²) in [5.41, 5.74) is 5.36. The predicted molar refractivity (Wildman–Crippen MR) is 117 cm³/mol. The van der Waals surface area contributed by atoms with Crippen molar-refractivity contribution in [3.63, 3.8) is 0 Å². The third-order valence-corrected chi connectivity index (χ3v) is 4.91. The molecule has 0 unspecified atom stereocenters. The zero-order valence-corrected chi connectivity index (χ0v) is 16.7. The summed E-state index contributed by atoms with van der Waals surface area (Å²) in [7, 11) is 0. The summed E-state index contributed by atoms with van der Waals surface area (Å²) in [5.74, 6) is 0.416. The molecule has 0 spiro atoms. The van der Waals surface area contributed by atoms with Crippen LogP contribution in [0.1, 0.15) is 54.1 Å². The number of nitrogens with one attached hydrogen (secondary N) is 1. The summed E-state index contributed by atoms with van der Waals surface area (Å²) in [6.07, 6.45) is 8.04. The van der Waals surface area contributed by atoms with Crippen LogP contribution in [-0.4, -0.2) is 10.9 Å². The number of unbranched alkanes of at least 4 members (excludes halogenated alkanes) is 3. The zero-order chi connectivity index (χ0) is 19.8. The van der Waals surface area contributed by atoms with Crippen LogP contribution in [0.15, 0.2) is 66.9 Å². The molecule has 0 aliphatic rings. The molecule has 1 aromatic heterocycles. The van der Waals surface area contributed by atoms with Gasteiger partial charge in [0.15, 0.2) is 0 Å². The Balaban J connectivity index is 1.60. The molecule has 3 aromatic rings. The van der Waals surface area contributed by atoms with Crippen molar-refractivity contribution in [1.29, 1.82) is 0 Å². The summed E-state index contributed by atoms with van der Waals surface area (Å²) < 4.78 is 0. The number of hydrogen-bond donors (Lipinski definition) is 1. The molecule has 0 atom stereocenters. The van der Waals surface area contributed by atoms with Gasteiger partial charge in [-0.2, -0.15) is 0 Å². The van der Waals surface area contributed by atoms with Gasteiger partial charge in [-0.3, -0.25) is 4.79 Å². The Labute approximate surface area is 167 Å². The molecule has 144 valence electrons. The van der Waals surface area contributed by atoms with Gasteiger partial charge in [-0.05, 0) is 60.2 Å². The van der Waals surface area contributed by atoms with E-state index in [4.69, 9.17) is 0 Å². The Morgan fingerprint density at radius 1 is 0.857 bits per heavy atom. The van der Waals surface area contributed by atoms with E-state index in [2.05, 4.69) is 41.5 Å². The van der Waals surface area contributed by atoms with Crippen molar-refractivity contribution in [2.45, 2.75) is 46.0 Å². The van der Waals surface area contributed by atoms with Crippen LogP contribution >= 0.6 is 0 Å². The van der Waals surface area contributed by atoms with Crippen molar-refractivity contribution in [3.8, 4) is 11.1 Å². The highest BCUT2D eigenvalue weighted by Crippen LogP contribution is 2.21. The molecule has 0 saturated heterocycles. The number of carbonyl (C=O) groups is 1. The first-order valence-corrected chi connectivity index (χ1v) is 10.1. The molecule has 3 rings (SSSR count). The molecule has 0 aliphatic heterocycles. The number of benzene rings is 2. The summed E-state index contributed by atoms with van der Waals surface area (Å²) in [6, 6.07) is 20.2. The van der Waals surface area contributed by atoms with Crippen LogP contribution in [0.25, 0.3) is 11.1 Å². The molecule has 0 saturated carbocycles. The number of anilines is 1. The van der Waals surface area contributed by atoms with Crippen LogP contribution in [-0.2, 0) is 6.42 Å².